The Kier molecular flexibility index (Phi) is 3.80. The number of nitrogens with one attached hydrogen (secondary N) is 1. The van der Waals surface area contributed by atoms with E-state index in [9.17, 15) is 9.50 Å². The molecule has 0 aliphatic heterocycles. The summed E-state index contributed by atoms with van der Waals surface area (Å²) in [5, 5.41) is 20.7. The SMILES string of the molecule is Oc1ccccc1/C=N/n1c(-c2ccc(F)cc2)n[nH]c1=S. The summed E-state index contributed by atoms with van der Waals surface area (Å²) >= 11 is 5.14. The lowest BCUT2D eigenvalue weighted by atomic mass is 10.2. The number of phenols is 1. The molecule has 110 valence electrons. The Morgan fingerprint density at radius 3 is 2.64 bits per heavy atom. The Balaban J connectivity index is 2.01. The van der Waals surface area contributed by atoms with Crippen LogP contribution in [0.3, 0.4) is 0 Å². The zero-order valence-corrected chi connectivity index (χ0v) is 12.1. The van der Waals surface area contributed by atoms with Crippen molar-refractivity contribution in [1.29, 1.82) is 0 Å². The van der Waals surface area contributed by atoms with E-state index >= 15 is 0 Å². The van der Waals surface area contributed by atoms with Gasteiger partial charge in [0, 0.05) is 11.1 Å². The molecule has 5 nitrogen and oxygen atoms in total. The molecule has 1 heterocycles. The third-order valence-electron chi connectivity index (χ3n) is 3.00. The van der Waals surface area contributed by atoms with Gasteiger partial charge in [0.25, 0.3) is 0 Å². The number of rotatable bonds is 3. The summed E-state index contributed by atoms with van der Waals surface area (Å²) in [6.07, 6.45) is 1.48. The van der Waals surface area contributed by atoms with E-state index in [-0.39, 0.29) is 11.6 Å². The topological polar surface area (TPSA) is 66.2 Å². The fourth-order valence-electron chi connectivity index (χ4n) is 1.90. The molecule has 0 aliphatic rings. The van der Waals surface area contributed by atoms with Gasteiger partial charge in [0.2, 0.25) is 4.77 Å². The van der Waals surface area contributed by atoms with Gasteiger partial charge in [0.15, 0.2) is 5.82 Å². The highest BCUT2D eigenvalue weighted by atomic mass is 32.1. The number of phenolic OH excluding ortho intramolecular Hbond substituents is 1. The molecule has 3 aromatic rings. The summed E-state index contributed by atoms with van der Waals surface area (Å²) < 4.78 is 14.7. The second kappa shape index (κ2) is 5.90. The van der Waals surface area contributed by atoms with Crippen molar-refractivity contribution in [2.75, 3.05) is 0 Å². The average Bonchev–Trinajstić information content (AvgIpc) is 2.88. The van der Waals surface area contributed by atoms with E-state index in [0.29, 0.717) is 21.7 Å². The van der Waals surface area contributed by atoms with Crippen LogP contribution in [0.25, 0.3) is 11.4 Å². The zero-order chi connectivity index (χ0) is 15.5. The third-order valence-corrected chi connectivity index (χ3v) is 3.27. The monoisotopic (exact) mass is 314 g/mol. The van der Waals surface area contributed by atoms with Crippen molar-refractivity contribution >= 4 is 18.4 Å². The molecule has 0 unspecified atom stereocenters. The van der Waals surface area contributed by atoms with E-state index in [0.717, 1.165) is 0 Å². The molecule has 0 amide bonds. The van der Waals surface area contributed by atoms with E-state index < -0.39 is 0 Å². The molecule has 0 aliphatic carbocycles. The van der Waals surface area contributed by atoms with Crippen LogP contribution in [-0.2, 0) is 0 Å². The first-order valence-electron chi connectivity index (χ1n) is 6.41. The van der Waals surface area contributed by atoms with Crippen LogP contribution in [0, 0.1) is 10.6 Å². The first kappa shape index (κ1) is 14.2. The minimum atomic E-state index is -0.331. The molecule has 22 heavy (non-hydrogen) atoms. The Bertz CT molecular complexity index is 883. The predicted octanol–water partition coefficient (Wildman–Crippen LogP) is 3.33. The standard InChI is InChI=1S/C15H11FN4OS/c16-12-7-5-10(6-8-12)14-18-19-15(22)20(14)17-9-11-3-1-2-4-13(11)21/h1-9,21H,(H,19,22)/b17-9+. The Morgan fingerprint density at radius 2 is 1.91 bits per heavy atom. The van der Waals surface area contributed by atoms with Crippen LogP contribution in [0.2, 0.25) is 0 Å². The summed E-state index contributed by atoms with van der Waals surface area (Å²) in [5.41, 5.74) is 1.22. The van der Waals surface area contributed by atoms with Gasteiger partial charge in [-0.15, -0.1) is 0 Å². The summed E-state index contributed by atoms with van der Waals surface area (Å²) in [6, 6.07) is 12.7. The van der Waals surface area contributed by atoms with E-state index in [4.69, 9.17) is 12.2 Å². The van der Waals surface area contributed by atoms with Gasteiger partial charge in [-0.05, 0) is 48.6 Å². The van der Waals surface area contributed by atoms with Gasteiger partial charge in [-0.2, -0.15) is 14.9 Å². The quantitative estimate of drug-likeness (QED) is 0.575. The van der Waals surface area contributed by atoms with Crippen LogP contribution in [-0.4, -0.2) is 26.2 Å². The van der Waals surface area contributed by atoms with Gasteiger partial charge in [-0.25, -0.2) is 9.49 Å². The van der Waals surface area contributed by atoms with Gasteiger partial charge < -0.3 is 5.11 Å². The normalized spacial score (nSPS) is 11.1. The summed E-state index contributed by atoms with van der Waals surface area (Å²) in [6.45, 7) is 0. The number of benzene rings is 2. The van der Waals surface area contributed by atoms with Crippen molar-refractivity contribution in [3.63, 3.8) is 0 Å². The van der Waals surface area contributed by atoms with Crippen molar-refractivity contribution < 1.29 is 9.50 Å². The number of H-pyrrole nitrogens is 1. The number of aromatic amines is 1. The van der Waals surface area contributed by atoms with E-state index in [2.05, 4.69) is 15.3 Å². The molecule has 2 N–H and O–H groups in total. The highest BCUT2D eigenvalue weighted by Gasteiger charge is 2.08. The maximum absolute atomic E-state index is 13.0. The lowest BCUT2D eigenvalue weighted by Crippen LogP contribution is -1.95. The molecule has 0 saturated heterocycles. The molecule has 0 atom stereocenters. The van der Waals surface area contributed by atoms with Gasteiger partial charge in [-0.3, -0.25) is 0 Å². The lowest BCUT2D eigenvalue weighted by Gasteiger charge is -2.01. The number of hydrogen-bond donors (Lipinski definition) is 2. The van der Waals surface area contributed by atoms with Crippen LogP contribution in [0.4, 0.5) is 4.39 Å². The number of nitrogens with zero attached hydrogens (tertiary/aromatic N) is 3. The summed E-state index contributed by atoms with van der Waals surface area (Å²) in [7, 11) is 0. The fraction of sp³-hybridized carbons (Fsp3) is 0. The van der Waals surface area contributed by atoms with E-state index in [1.165, 1.54) is 23.0 Å². The van der Waals surface area contributed by atoms with Crippen molar-refractivity contribution in [2.24, 2.45) is 5.10 Å². The summed E-state index contributed by atoms with van der Waals surface area (Å²) in [5.74, 6) is 0.239. The smallest absolute Gasteiger partial charge is 0.216 e. The van der Waals surface area contributed by atoms with E-state index in [1.54, 1.807) is 36.4 Å². The first-order valence-corrected chi connectivity index (χ1v) is 6.81. The lowest BCUT2D eigenvalue weighted by molar-refractivity contribution is 0.474. The molecule has 2 aromatic carbocycles. The van der Waals surface area contributed by atoms with Crippen LogP contribution < -0.4 is 0 Å². The zero-order valence-electron chi connectivity index (χ0n) is 11.3. The van der Waals surface area contributed by atoms with Crippen LogP contribution in [0.1, 0.15) is 5.56 Å². The Labute approximate surface area is 130 Å². The molecule has 0 bridgehead atoms. The largest absolute Gasteiger partial charge is 0.507 e. The average molecular weight is 314 g/mol. The Morgan fingerprint density at radius 1 is 1.18 bits per heavy atom. The highest BCUT2D eigenvalue weighted by molar-refractivity contribution is 7.71. The van der Waals surface area contributed by atoms with Crippen LogP contribution in [0.15, 0.2) is 53.6 Å². The molecule has 3 rings (SSSR count). The number of halogens is 1. The minimum Gasteiger partial charge on any atom is -0.507 e. The number of hydrogen-bond acceptors (Lipinski definition) is 4. The van der Waals surface area contributed by atoms with Gasteiger partial charge in [0.05, 0.1) is 6.21 Å². The van der Waals surface area contributed by atoms with Crippen LogP contribution in [0.5, 0.6) is 5.75 Å². The second-order valence-electron chi connectivity index (χ2n) is 4.47. The molecular formula is C15H11FN4OS. The molecular weight excluding hydrogens is 303 g/mol. The van der Waals surface area contributed by atoms with Crippen LogP contribution >= 0.6 is 12.2 Å². The maximum atomic E-state index is 13.0. The van der Waals surface area contributed by atoms with Gasteiger partial charge in [-0.1, -0.05) is 12.1 Å². The minimum absolute atomic E-state index is 0.115. The third kappa shape index (κ3) is 2.79. The maximum Gasteiger partial charge on any atom is 0.216 e. The van der Waals surface area contributed by atoms with Crippen molar-refractivity contribution in [1.82, 2.24) is 14.9 Å². The molecule has 0 fully saturated rings. The van der Waals surface area contributed by atoms with E-state index in [1.807, 2.05) is 0 Å². The number of para-hydroxylation sites is 1. The number of aromatic nitrogens is 3. The predicted molar refractivity (Wildman–Crippen MR) is 83.9 cm³/mol. The van der Waals surface area contributed by atoms with Crippen molar-refractivity contribution in [2.45, 2.75) is 0 Å². The molecule has 7 heteroatoms. The molecule has 1 aromatic heterocycles. The molecule has 0 saturated carbocycles. The second-order valence-corrected chi connectivity index (χ2v) is 4.86. The van der Waals surface area contributed by atoms with Gasteiger partial charge >= 0.3 is 0 Å². The highest BCUT2D eigenvalue weighted by Crippen LogP contribution is 2.18. The van der Waals surface area contributed by atoms with Crippen molar-refractivity contribution in [3.05, 3.63) is 64.7 Å². The molecule has 0 radical (unpaired) electrons. The number of aromatic hydroxyl groups is 1. The fourth-order valence-corrected chi connectivity index (χ4v) is 2.08. The molecule has 0 spiro atoms. The first-order chi connectivity index (χ1) is 10.6. The van der Waals surface area contributed by atoms with Gasteiger partial charge in [0.1, 0.15) is 11.6 Å². The van der Waals surface area contributed by atoms with Crippen molar-refractivity contribution in [3.8, 4) is 17.1 Å². The Hall–Kier alpha value is -2.80. The summed E-state index contributed by atoms with van der Waals surface area (Å²) in [4.78, 5) is 0.